The molecule has 114 valence electrons. The predicted octanol–water partition coefficient (Wildman–Crippen LogP) is 2.56. The second kappa shape index (κ2) is 6.10. The lowest BCUT2D eigenvalue weighted by Crippen LogP contribution is -2.38. The third-order valence-corrected chi connectivity index (χ3v) is 4.17. The van der Waals surface area contributed by atoms with Gasteiger partial charge in [-0.15, -0.1) is 0 Å². The van der Waals surface area contributed by atoms with Crippen molar-refractivity contribution in [2.45, 2.75) is 25.3 Å². The summed E-state index contributed by atoms with van der Waals surface area (Å²) >= 11 is 0. The largest absolute Gasteiger partial charge is 0.495 e. The molecule has 3 N–H and O–H groups in total. The smallest absolute Gasteiger partial charge is 0.251 e. The lowest BCUT2D eigenvalue weighted by molar-refractivity contribution is 0.0933. The number of anilines is 1. The molecule has 4 heteroatoms. The summed E-state index contributed by atoms with van der Waals surface area (Å²) in [5.41, 5.74) is 9.62. The van der Waals surface area contributed by atoms with Gasteiger partial charge in [-0.3, -0.25) is 4.79 Å². The fraction of sp³-hybridized carbons (Fsp3) is 0.278. The number of ether oxygens (including phenoxy) is 1. The number of benzene rings is 2. The van der Waals surface area contributed by atoms with Gasteiger partial charge < -0.3 is 15.8 Å². The molecule has 0 aliphatic heterocycles. The molecule has 1 amide bonds. The summed E-state index contributed by atoms with van der Waals surface area (Å²) in [7, 11) is 1.56. The first-order chi connectivity index (χ1) is 10.7. The number of carbonyl (C=O) groups excluding carboxylic acids is 1. The number of methoxy groups -OCH3 is 1. The molecule has 0 spiro atoms. The van der Waals surface area contributed by atoms with E-state index in [1.54, 1.807) is 25.3 Å². The van der Waals surface area contributed by atoms with E-state index in [1.165, 1.54) is 11.1 Å². The monoisotopic (exact) mass is 296 g/mol. The molecule has 3 rings (SSSR count). The van der Waals surface area contributed by atoms with Crippen molar-refractivity contribution in [2.24, 2.45) is 0 Å². The Bertz CT molecular complexity index is 697. The molecular formula is C18H20N2O2. The molecule has 0 bridgehead atoms. The highest BCUT2D eigenvalue weighted by molar-refractivity contribution is 5.95. The first-order valence-corrected chi connectivity index (χ1v) is 7.48. The fourth-order valence-electron chi connectivity index (χ4n) is 2.97. The van der Waals surface area contributed by atoms with Crippen LogP contribution in [0.4, 0.5) is 5.69 Å². The molecular weight excluding hydrogens is 276 g/mol. The summed E-state index contributed by atoms with van der Waals surface area (Å²) in [6, 6.07) is 13.7. The Balaban J connectivity index is 1.69. The third kappa shape index (κ3) is 2.91. The summed E-state index contributed by atoms with van der Waals surface area (Å²) < 4.78 is 5.11. The van der Waals surface area contributed by atoms with Crippen molar-refractivity contribution in [1.82, 2.24) is 5.32 Å². The molecule has 0 radical (unpaired) electrons. The van der Waals surface area contributed by atoms with Crippen molar-refractivity contribution in [3.63, 3.8) is 0 Å². The van der Waals surface area contributed by atoms with Gasteiger partial charge in [-0.05, 0) is 48.6 Å². The minimum Gasteiger partial charge on any atom is -0.495 e. The Morgan fingerprint density at radius 2 is 2.00 bits per heavy atom. The molecule has 1 aliphatic carbocycles. The second-order valence-corrected chi connectivity index (χ2v) is 5.64. The van der Waals surface area contributed by atoms with E-state index in [0.717, 1.165) is 19.3 Å². The summed E-state index contributed by atoms with van der Waals surface area (Å²) in [6.45, 7) is 0. The number of carbonyl (C=O) groups is 1. The number of rotatable bonds is 3. The van der Waals surface area contributed by atoms with Gasteiger partial charge in [0, 0.05) is 11.6 Å². The minimum absolute atomic E-state index is 0.0845. The molecule has 1 unspecified atom stereocenters. The quantitative estimate of drug-likeness (QED) is 0.856. The standard InChI is InChI=1S/C18H20N2O2/c1-22-17-9-7-14(11-16(17)19)18(21)20-15-8-6-12-4-2-3-5-13(12)10-15/h2-5,7,9,11,15H,6,8,10,19H2,1H3,(H,20,21). The van der Waals surface area contributed by atoms with Crippen LogP contribution in [0.3, 0.4) is 0 Å². The van der Waals surface area contributed by atoms with E-state index in [0.29, 0.717) is 17.0 Å². The van der Waals surface area contributed by atoms with Crippen LogP contribution in [-0.2, 0) is 12.8 Å². The maximum Gasteiger partial charge on any atom is 0.251 e. The summed E-state index contributed by atoms with van der Waals surface area (Å²) in [4.78, 5) is 12.4. The van der Waals surface area contributed by atoms with E-state index >= 15 is 0 Å². The number of aryl methyl sites for hydroxylation is 1. The van der Waals surface area contributed by atoms with Crippen LogP contribution in [0.15, 0.2) is 42.5 Å². The number of nitrogen functional groups attached to an aromatic ring is 1. The zero-order valence-corrected chi connectivity index (χ0v) is 12.6. The van der Waals surface area contributed by atoms with E-state index in [9.17, 15) is 4.79 Å². The van der Waals surface area contributed by atoms with Crippen molar-refractivity contribution < 1.29 is 9.53 Å². The zero-order valence-electron chi connectivity index (χ0n) is 12.6. The Kier molecular flexibility index (Phi) is 4.00. The van der Waals surface area contributed by atoms with Crippen molar-refractivity contribution in [2.75, 3.05) is 12.8 Å². The van der Waals surface area contributed by atoms with Crippen LogP contribution in [0.2, 0.25) is 0 Å². The number of nitrogens with one attached hydrogen (secondary N) is 1. The van der Waals surface area contributed by atoms with E-state index in [4.69, 9.17) is 10.5 Å². The highest BCUT2D eigenvalue weighted by Gasteiger charge is 2.20. The maximum absolute atomic E-state index is 12.4. The first kappa shape index (κ1) is 14.4. The molecule has 1 aliphatic rings. The average molecular weight is 296 g/mol. The van der Waals surface area contributed by atoms with Gasteiger partial charge in [0.25, 0.3) is 5.91 Å². The number of amides is 1. The first-order valence-electron chi connectivity index (χ1n) is 7.48. The Morgan fingerprint density at radius 3 is 2.73 bits per heavy atom. The molecule has 2 aromatic rings. The molecule has 4 nitrogen and oxygen atoms in total. The molecule has 2 aromatic carbocycles. The summed E-state index contributed by atoms with van der Waals surface area (Å²) in [5.74, 6) is 0.502. The molecule has 0 fully saturated rings. The number of fused-ring (bicyclic) bond motifs is 1. The van der Waals surface area contributed by atoms with Gasteiger partial charge in [0.2, 0.25) is 0 Å². The van der Waals surface area contributed by atoms with Gasteiger partial charge in [0.1, 0.15) is 5.75 Å². The summed E-state index contributed by atoms with van der Waals surface area (Å²) in [6.07, 6.45) is 2.85. The SMILES string of the molecule is COc1ccc(C(=O)NC2CCc3ccccc3C2)cc1N. The molecule has 0 saturated heterocycles. The predicted molar refractivity (Wildman–Crippen MR) is 87.1 cm³/mol. The topological polar surface area (TPSA) is 64.3 Å². The van der Waals surface area contributed by atoms with E-state index < -0.39 is 0 Å². The van der Waals surface area contributed by atoms with Crippen molar-refractivity contribution in [1.29, 1.82) is 0 Å². The van der Waals surface area contributed by atoms with Crippen molar-refractivity contribution >= 4 is 11.6 Å². The lowest BCUT2D eigenvalue weighted by Gasteiger charge is -2.25. The minimum atomic E-state index is -0.0845. The number of hydrogen-bond donors (Lipinski definition) is 2. The van der Waals surface area contributed by atoms with Gasteiger partial charge in [-0.2, -0.15) is 0 Å². The van der Waals surface area contributed by atoms with Crippen molar-refractivity contribution in [3.8, 4) is 5.75 Å². The Labute approximate surface area is 130 Å². The van der Waals surface area contributed by atoms with Gasteiger partial charge in [0.15, 0.2) is 0 Å². The molecule has 22 heavy (non-hydrogen) atoms. The molecule has 0 aromatic heterocycles. The Morgan fingerprint density at radius 1 is 1.23 bits per heavy atom. The van der Waals surface area contributed by atoms with Crippen molar-refractivity contribution in [3.05, 3.63) is 59.2 Å². The van der Waals surface area contributed by atoms with Crippen LogP contribution in [0, 0.1) is 0 Å². The van der Waals surface area contributed by atoms with Gasteiger partial charge in [-0.25, -0.2) is 0 Å². The number of nitrogens with two attached hydrogens (primary N) is 1. The fourth-order valence-corrected chi connectivity index (χ4v) is 2.97. The van der Waals surface area contributed by atoms with E-state index in [1.807, 2.05) is 6.07 Å². The van der Waals surface area contributed by atoms with Crippen LogP contribution in [0.1, 0.15) is 27.9 Å². The van der Waals surface area contributed by atoms with Crippen LogP contribution < -0.4 is 15.8 Å². The zero-order chi connectivity index (χ0) is 15.5. The lowest BCUT2D eigenvalue weighted by atomic mass is 9.88. The number of hydrogen-bond acceptors (Lipinski definition) is 3. The second-order valence-electron chi connectivity index (χ2n) is 5.64. The maximum atomic E-state index is 12.4. The van der Waals surface area contributed by atoms with Crippen LogP contribution >= 0.6 is 0 Å². The normalized spacial score (nSPS) is 16.7. The molecule has 0 heterocycles. The van der Waals surface area contributed by atoms with Gasteiger partial charge >= 0.3 is 0 Å². The highest BCUT2D eigenvalue weighted by atomic mass is 16.5. The molecule has 1 atom stereocenters. The van der Waals surface area contributed by atoms with Crippen LogP contribution in [0.25, 0.3) is 0 Å². The van der Waals surface area contributed by atoms with Gasteiger partial charge in [-0.1, -0.05) is 24.3 Å². The van der Waals surface area contributed by atoms with Crippen LogP contribution in [-0.4, -0.2) is 19.1 Å². The van der Waals surface area contributed by atoms with E-state index in [-0.39, 0.29) is 11.9 Å². The third-order valence-electron chi connectivity index (χ3n) is 4.17. The molecule has 0 saturated carbocycles. The summed E-state index contributed by atoms with van der Waals surface area (Å²) in [5, 5.41) is 3.11. The van der Waals surface area contributed by atoms with E-state index in [2.05, 4.69) is 23.5 Å². The highest BCUT2D eigenvalue weighted by Crippen LogP contribution is 2.23. The van der Waals surface area contributed by atoms with Gasteiger partial charge in [0.05, 0.1) is 12.8 Å². The average Bonchev–Trinajstić information content (AvgIpc) is 2.54. The Hall–Kier alpha value is -2.49. The van der Waals surface area contributed by atoms with Crippen LogP contribution in [0.5, 0.6) is 5.75 Å².